The van der Waals surface area contributed by atoms with E-state index in [-0.39, 0.29) is 18.5 Å². The lowest BCUT2D eigenvalue weighted by molar-refractivity contribution is -0.130. The van der Waals surface area contributed by atoms with Crippen LogP contribution in [0.5, 0.6) is 0 Å². The van der Waals surface area contributed by atoms with Crippen molar-refractivity contribution in [1.29, 1.82) is 0 Å². The molecule has 24 heavy (non-hydrogen) atoms. The van der Waals surface area contributed by atoms with Crippen LogP contribution in [0.1, 0.15) is 24.8 Å². The summed E-state index contributed by atoms with van der Waals surface area (Å²) >= 11 is 0. The van der Waals surface area contributed by atoms with Gasteiger partial charge in [0.25, 0.3) is 0 Å². The van der Waals surface area contributed by atoms with Gasteiger partial charge in [-0.15, -0.1) is 0 Å². The van der Waals surface area contributed by atoms with E-state index in [9.17, 15) is 14.4 Å². The predicted molar refractivity (Wildman–Crippen MR) is 89.9 cm³/mol. The van der Waals surface area contributed by atoms with Gasteiger partial charge in [0.05, 0.1) is 12.6 Å². The van der Waals surface area contributed by atoms with Crippen molar-refractivity contribution in [3.05, 3.63) is 35.9 Å². The minimum atomic E-state index is -0.695. The van der Waals surface area contributed by atoms with E-state index < -0.39 is 17.9 Å². The molecule has 2 rings (SSSR count). The number of primary amides is 1. The Balaban J connectivity index is 1.95. The van der Waals surface area contributed by atoms with E-state index in [1.54, 1.807) is 0 Å². The molecular formula is C17H24N4O3. The zero-order valence-corrected chi connectivity index (χ0v) is 13.6. The van der Waals surface area contributed by atoms with Crippen molar-refractivity contribution in [2.45, 2.75) is 37.8 Å². The first-order valence-corrected chi connectivity index (χ1v) is 8.20. The van der Waals surface area contributed by atoms with Crippen LogP contribution in [-0.4, -0.2) is 42.9 Å². The number of hydrogen-bond donors (Lipinski definition) is 4. The lowest BCUT2D eigenvalue weighted by atomic mass is 10.0. The highest BCUT2D eigenvalue weighted by Gasteiger charge is 2.27. The van der Waals surface area contributed by atoms with Gasteiger partial charge in [0.15, 0.2) is 0 Å². The molecule has 1 fully saturated rings. The molecule has 1 aliphatic rings. The first-order valence-electron chi connectivity index (χ1n) is 8.20. The van der Waals surface area contributed by atoms with Gasteiger partial charge < -0.3 is 21.7 Å². The van der Waals surface area contributed by atoms with Crippen molar-refractivity contribution < 1.29 is 14.4 Å². The van der Waals surface area contributed by atoms with Crippen molar-refractivity contribution in [2.24, 2.45) is 5.73 Å². The van der Waals surface area contributed by atoms with Crippen LogP contribution in [0.25, 0.3) is 0 Å². The van der Waals surface area contributed by atoms with E-state index >= 15 is 0 Å². The van der Waals surface area contributed by atoms with Crippen LogP contribution in [0, 0.1) is 0 Å². The minimum absolute atomic E-state index is 0.181. The topological polar surface area (TPSA) is 113 Å². The molecule has 7 nitrogen and oxygen atoms in total. The zero-order chi connectivity index (χ0) is 17.4. The van der Waals surface area contributed by atoms with Crippen LogP contribution in [0.3, 0.4) is 0 Å². The summed E-state index contributed by atoms with van der Waals surface area (Å²) < 4.78 is 0. The summed E-state index contributed by atoms with van der Waals surface area (Å²) in [6.07, 6.45) is 2.81. The number of amides is 3. The zero-order valence-electron chi connectivity index (χ0n) is 13.6. The van der Waals surface area contributed by atoms with Gasteiger partial charge in [-0.05, 0) is 37.8 Å². The Morgan fingerprint density at radius 3 is 2.62 bits per heavy atom. The van der Waals surface area contributed by atoms with Crippen LogP contribution in [0.15, 0.2) is 30.3 Å². The molecule has 3 amide bonds. The van der Waals surface area contributed by atoms with Gasteiger partial charge in [0.2, 0.25) is 17.7 Å². The Hall–Kier alpha value is -2.41. The van der Waals surface area contributed by atoms with E-state index in [4.69, 9.17) is 5.73 Å². The van der Waals surface area contributed by atoms with Crippen molar-refractivity contribution in [3.63, 3.8) is 0 Å². The molecule has 0 radical (unpaired) electrons. The second kappa shape index (κ2) is 9.02. The monoisotopic (exact) mass is 332 g/mol. The highest BCUT2D eigenvalue weighted by Crippen LogP contribution is 2.08. The summed E-state index contributed by atoms with van der Waals surface area (Å²) in [7, 11) is 0. The summed E-state index contributed by atoms with van der Waals surface area (Å²) in [6.45, 7) is 0.568. The van der Waals surface area contributed by atoms with Crippen molar-refractivity contribution in [1.82, 2.24) is 16.0 Å². The van der Waals surface area contributed by atoms with Crippen molar-refractivity contribution >= 4 is 17.7 Å². The maximum atomic E-state index is 12.3. The number of carbonyl (C=O) groups excluding carboxylic acids is 3. The van der Waals surface area contributed by atoms with Crippen LogP contribution in [0.2, 0.25) is 0 Å². The molecule has 7 heteroatoms. The fourth-order valence-electron chi connectivity index (χ4n) is 2.70. The fourth-order valence-corrected chi connectivity index (χ4v) is 2.70. The average molecular weight is 332 g/mol. The third-order valence-electron chi connectivity index (χ3n) is 4.01. The Bertz CT molecular complexity index is 570. The number of nitrogens with one attached hydrogen (secondary N) is 3. The van der Waals surface area contributed by atoms with E-state index in [1.807, 2.05) is 30.3 Å². The van der Waals surface area contributed by atoms with Crippen LogP contribution in [-0.2, 0) is 20.8 Å². The largest absolute Gasteiger partial charge is 0.368 e. The van der Waals surface area contributed by atoms with E-state index in [0.29, 0.717) is 12.8 Å². The SMILES string of the molecule is NC(=O)CNC(=O)[C@@H](CCc1ccccc1)NC(=O)[C@@H]1CCCN1. The van der Waals surface area contributed by atoms with Gasteiger partial charge >= 0.3 is 0 Å². The molecule has 5 N–H and O–H groups in total. The molecule has 130 valence electrons. The molecule has 0 saturated carbocycles. The predicted octanol–water partition coefficient (Wildman–Crippen LogP) is -0.542. The second-order valence-electron chi connectivity index (χ2n) is 5.92. The Labute approximate surface area is 141 Å². The van der Waals surface area contributed by atoms with Gasteiger partial charge in [-0.3, -0.25) is 14.4 Å². The summed E-state index contributed by atoms with van der Waals surface area (Å²) in [5.74, 6) is -1.19. The first-order chi connectivity index (χ1) is 11.6. The van der Waals surface area contributed by atoms with Gasteiger partial charge in [-0.2, -0.15) is 0 Å². The van der Waals surface area contributed by atoms with E-state index in [1.165, 1.54) is 0 Å². The van der Waals surface area contributed by atoms with E-state index in [0.717, 1.165) is 24.9 Å². The molecule has 2 atom stereocenters. The van der Waals surface area contributed by atoms with Crippen molar-refractivity contribution in [2.75, 3.05) is 13.1 Å². The molecular weight excluding hydrogens is 308 g/mol. The lowest BCUT2D eigenvalue weighted by Crippen LogP contribution is -2.52. The van der Waals surface area contributed by atoms with Gasteiger partial charge in [-0.25, -0.2) is 0 Å². The summed E-state index contributed by atoms with van der Waals surface area (Å²) in [6, 6.07) is 8.77. The number of carbonyl (C=O) groups is 3. The maximum absolute atomic E-state index is 12.3. The van der Waals surface area contributed by atoms with Gasteiger partial charge in [0.1, 0.15) is 6.04 Å². The Kier molecular flexibility index (Phi) is 6.74. The molecule has 0 bridgehead atoms. The second-order valence-corrected chi connectivity index (χ2v) is 5.92. The summed E-state index contributed by atoms with van der Waals surface area (Å²) in [5.41, 5.74) is 6.14. The van der Waals surface area contributed by atoms with Gasteiger partial charge in [0, 0.05) is 0 Å². The summed E-state index contributed by atoms with van der Waals surface area (Å²) in [5, 5.41) is 8.36. The smallest absolute Gasteiger partial charge is 0.243 e. The minimum Gasteiger partial charge on any atom is -0.368 e. The highest BCUT2D eigenvalue weighted by molar-refractivity contribution is 5.91. The average Bonchev–Trinajstić information content (AvgIpc) is 3.12. The number of nitrogens with two attached hydrogens (primary N) is 1. The number of rotatable bonds is 8. The van der Waals surface area contributed by atoms with Crippen LogP contribution >= 0.6 is 0 Å². The van der Waals surface area contributed by atoms with Crippen LogP contribution in [0.4, 0.5) is 0 Å². The Morgan fingerprint density at radius 1 is 1.25 bits per heavy atom. The lowest BCUT2D eigenvalue weighted by Gasteiger charge is -2.20. The molecule has 0 aromatic heterocycles. The van der Waals surface area contributed by atoms with Crippen molar-refractivity contribution in [3.8, 4) is 0 Å². The Morgan fingerprint density at radius 2 is 2.00 bits per heavy atom. The number of hydrogen-bond acceptors (Lipinski definition) is 4. The summed E-state index contributed by atoms with van der Waals surface area (Å²) in [4.78, 5) is 35.4. The first kappa shape index (κ1) is 17.9. The third-order valence-corrected chi connectivity index (χ3v) is 4.01. The normalized spacial score (nSPS) is 17.9. The molecule has 1 aromatic carbocycles. The van der Waals surface area contributed by atoms with E-state index in [2.05, 4.69) is 16.0 Å². The molecule has 1 heterocycles. The van der Waals surface area contributed by atoms with Crippen LogP contribution < -0.4 is 21.7 Å². The third kappa shape index (κ3) is 5.66. The highest BCUT2D eigenvalue weighted by atomic mass is 16.2. The molecule has 0 unspecified atom stereocenters. The van der Waals surface area contributed by atoms with Gasteiger partial charge in [-0.1, -0.05) is 30.3 Å². The fraction of sp³-hybridized carbons (Fsp3) is 0.471. The number of aryl methyl sites for hydroxylation is 1. The number of benzene rings is 1. The maximum Gasteiger partial charge on any atom is 0.243 e. The molecule has 0 spiro atoms. The molecule has 1 aromatic rings. The molecule has 1 aliphatic heterocycles. The quantitative estimate of drug-likeness (QED) is 0.512. The molecule has 0 aliphatic carbocycles. The molecule has 1 saturated heterocycles. The standard InChI is InChI=1S/C17H24N4O3/c18-15(22)11-20-16(23)14(9-8-12-5-2-1-3-6-12)21-17(24)13-7-4-10-19-13/h1-3,5-6,13-14,19H,4,7-11H2,(H2,18,22)(H,20,23)(H,21,24)/t13-,14+/m0/s1.